The van der Waals surface area contributed by atoms with E-state index in [1.807, 2.05) is 0 Å². The molecule has 1 aromatic carbocycles. The topological polar surface area (TPSA) is 75.4 Å². The molecule has 0 aliphatic heterocycles. The van der Waals surface area contributed by atoms with E-state index in [-0.39, 0.29) is 22.4 Å². The maximum absolute atomic E-state index is 12.9. The molecule has 17 heavy (non-hydrogen) atoms. The number of hydrogen-bond acceptors (Lipinski definition) is 4. The largest absolute Gasteiger partial charge is 0.476 e. The fourth-order valence-electron chi connectivity index (χ4n) is 1.14. The van der Waals surface area contributed by atoms with Gasteiger partial charge in [-0.15, -0.1) is 0 Å². The number of rotatable bonds is 3. The molecule has 5 nitrogen and oxygen atoms in total. The van der Waals surface area contributed by atoms with Crippen LogP contribution < -0.4 is 5.32 Å². The maximum atomic E-state index is 12.9. The highest BCUT2D eigenvalue weighted by Crippen LogP contribution is 2.25. The van der Waals surface area contributed by atoms with Gasteiger partial charge in [-0.1, -0.05) is 11.6 Å². The molecule has 0 radical (unpaired) electrons. The lowest BCUT2D eigenvalue weighted by Crippen LogP contribution is -1.97. The summed E-state index contributed by atoms with van der Waals surface area (Å²) in [5.74, 6) is -1.70. The number of oxazole rings is 1. The first kappa shape index (κ1) is 11.4. The molecule has 0 saturated carbocycles. The number of halogens is 2. The molecule has 7 heteroatoms. The Bertz CT molecular complexity index is 570. The Labute approximate surface area is 99.8 Å². The van der Waals surface area contributed by atoms with Gasteiger partial charge in [-0.3, -0.25) is 0 Å². The molecule has 0 atom stereocenters. The minimum absolute atomic E-state index is 0.0742. The van der Waals surface area contributed by atoms with Crippen LogP contribution in [0.15, 0.2) is 28.9 Å². The Balaban J connectivity index is 2.25. The smallest absolute Gasteiger partial charge is 0.357 e. The second-order valence-corrected chi connectivity index (χ2v) is 3.50. The molecule has 1 heterocycles. The first-order chi connectivity index (χ1) is 8.06. The summed E-state index contributed by atoms with van der Waals surface area (Å²) in [6, 6.07) is 3.63. The second kappa shape index (κ2) is 4.42. The number of carboxylic acids is 1. The molecule has 0 amide bonds. The number of benzene rings is 1. The summed E-state index contributed by atoms with van der Waals surface area (Å²) in [6.07, 6.45) is 0.970. The highest BCUT2D eigenvalue weighted by molar-refractivity contribution is 6.33. The summed E-state index contributed by atoms with van der Waals surface area (Å²) in [4.78, 5) is 14.2. The highest BCUT2D eigenvalue weighted by atomic mass is 35.5. The third-order valence-corrected chi connectivity index (χ3v) is 2.22. The Morgan fingerprint density at radius 3 is 2.94 bits per heavy atom. The van der Waals surface area contributed by atoms with Gasteiger partial charge in [0, 0.05) is 0 Å². The standard InChI is InChI=1S/C10H6ClFN2O3/c11-6-2-1-5(12)3-7(6)13-10-14-8(4-17-10)9(15)16/h1-4H,(H,13,14)(H,15,16). The van der Waals surface area contributed by atoms with Crippen LogP contribution in [0, 0.1) is 5.82 Å². The monoisotopic (exact) mass is 256 g/mol. The average molecular weight is 257 g/mol. The number of hydrogen-bond donors (Lipinski definition) is 2. The quantitative estimate of drug-likeness (QED) is 0.883. The van der Waals surface area contributed by atoms with Crippen LogP contribution in [0.2, 0.25) is 5.02 Å². The van der Waals surface area contributed by atoms with Gasteiger partial charge in [0.05, 0.1) is 10.7 Å². The Kier molecular flexibility index (Phi) is 2.97. The van der Waals surface area contributed by atoms with Crippen LogP contribution >= 0.6 is 11.6 Å². The van der Waals surface area contributed by atoms with E-state index in [4.69, 9.17) is 21.1 Å². The minimum Gasteiger partial charge on any atom is -0.476 e. The molecular formula is C10H6ClFN2O3. The van der Waals surface area contributed by atoms with Gasteiger partial charge < -0.3 is 14.8 Å². The third kappa shape index (κ3) is 2.54. The van der Waals surface area contributed by atoms with E-state index in [0.717, 1.165) is 12.3 Å². The van der Waals surface area contributed by atoms with E-state index < -0.39 is 11.8 Å². The van der Waals surface area contributed by atoms with Crippen molar-refractivity contribution in [1.29, 1.82) is 0 Å². The van der Waals surface area contributed by atoms with Crippen LogP contribution in [-0.4, -0.2) is 16.1 Å². The predicted molar refractivity (Wildman–Crippen MR) is 58.2 cm³/mol. The van der Waals surface area contributed by atoms with Gasteiger partial charge in [0.15, 0.2) is 5.69 Å². The first-order valence-corrected chi connectivity index (χ1v) is 4.85. The fraction of sp³-hybridized carbons (Fsp3) is 0. The number of nitrogens with zero attached hydrogens (tertiary/aromatic N) is 1. The molecule has 0 aliphatic carbocycles. The van der Waals surface area contributed by atoms with Gasteiger partial charge in [-0.25, -0.2) is 9.18 Å². The Hall–Kier alpha value is -2.08. The Morgan fingerprint density at radius 2 is 2.29 bits per heavy atom. The van der Waals surface area contributed by atoms with E-state index in [2.05, 4.69) is 10.3 Å². The van der Waals surface area contributed by atoms with Gasteiger partial charge in [0.1, 0.15) is 12.1 Å². The van der Waals surface area contributed by atoms with Gasteiger partial charge in [0.2, 0.25) is 0 Å². The van der Waals surface area contributed by atoms with E-state index >= 15 is 0 Å². The van der Waals surface area contributed by atoms with Crippen molar-refractivity contribution >= 4 is 29.3 Å². The van der Waals surface area contributed by atoms with Crippen molar-refractivity contribution in [1.82, 2.24) is 4.98 Å². The lowest BCUT2D eigenvalue weighted by molar-refractivity contribution is 0.0690. The van der Waals surface area contributed by atoms with Gasteiger partial charge in [-0.2, -0.15) is 4.98 Å². The van der Waals surface area contributed by atoms with E-state index in [0.29, 0.717) is 0 Å². The number of aromatic carboxylic acids is 1. The molecule has 0 bridgehead atoms. The normalized spacial score (nSPS) is 10.2. The Morgan fingerprint density at radius 1 is 1.53 bits per heavy atom. The summed E-state index contributed by atoms with van der Waals surface area (Å²) in [6.45, 7) is 0. The van der Waals surface area contributed by atoms with Crippen molar-refractivity contribution in [2.75, 3.05) is 5.32 Å². The van der Waals surface area contributed by atoms with Gasteiger partial charge in [0.25, 0.3) is 6.01 Å². The zero-order valence-corrected chi connectivity index (χ0v) is 9.03. The molecule has 0 aliphatic rings. The van der Waals surface area contributed by atoms with Gasteiger partial charge in [-0.05, 0) is 18.2 Å². The van der Waals surface area contributed by atoms with Crippen LogP contribution in [0.3, 0.4) is 0 Å². The van der Waals surface area contributed by atoms with E-state index in [1.54, 1.807) is 0 Å². The van der Waals surface area contributed by atoms with Crippen LogP contribution in [0.5, 0.6) is 0 Å². The lowest BCUT2D eigenvalue weighted by Gasteiger charge is -2.03. The molecular weight excluding hydrogens is 251 g/mol. The van der Waals surface area contributed by atoms with E-state index in [1.165, 1.54) is 12.1 Å². The SMILES string of the molecule is O=C(O)c1coc(Nc2cc(F)ccc2Cl)n1. The summed E-state index contributed by atoms with van der Waals surface area (Å²) in [7, 11) is 0. The highest BCUT2D eigenvalue weighted by Gasteiger charge is 2.11. The second-order valence-electron chi connectivity index (χ2n) is 3.09. The third-order valence-electron chi connectivity index (χ3n) is 1.89. The number of aromatic nitrogens is 1. The van der Waals surface area contributed by atoms with Crippen LogP contribution in [0.4, 0.5) is 16.1 Å². The minimum atomic E-state index is -1.22. The number of anilines is 2. The molecule has 2 rings (SSSR count). The molecule has 2 N–H and O–H groups in total. The lowest BCUT2D eigenvalue weighted by atomic mass is 10.3. The van der Waals surface area contributed by atoms with E-state index in [9.17, 15) is 9.18 Å². The molecule has 1 aromatic heterocycles. The number of nitrogens with one attached hydrogen (secondary N) is 1. The fourth-order valence-corrected chi connectivity index (χ4v) is 1.30. The summed E-state index contributed by atoms with van der Waals surface area (Å²) >= 11 is 5.80. The molecule has 0 fully saturated rings. The van der Waals surface area contributed by atoms with Crippen molar-refractivity contribution in [2.45, 2.75) is 0 Å². The summed E-state index contributed by atoms with van der Waals surface area (Å²) in [5.41, 5.74) is -0.00881. The zero-order valence-electron chi connectivity index (χ0n) is 8.28. The molecule has 0 unspecified atom stereocenters. The number of carbonyl (C=O) groups is 1. The number of carboxylic acid groups (broad SMARTS) is 1. The van der Waals surface area contributed by atoms with Crippen molar-refractivity contribution in [3.63, 3.8) is 0 Å². The van der Waals surface area contributed by atoms with Crippen molar-refractivity contribution in [2.24, 2.45) is 0 Å². The maximum Gasteiger partial charge on any atom is 0.357 e. The average Bonchev–Trinajstić information content (AvgIpc) is 2.72. The molecule has 2 aromatic rings. The zero-order chi connectivity index (χ0) is 12.4. The van der Waals surface area contributed by atoms with Gasteiger partial charge >= 0.3 is 5.97 Å². The molecule has 0 saturated heterocycles. The van der Waals surface area contributed by atoms with Crippen LogP contribution in [0.25, 0.3) is 0 Å². The first-order valence-electron chi connectivity index (χ1n) is 4.47. The molecule has 88 valence electrons. The predicted octanol–water partition coefficient (Wildman–Crippen LogP) is 2.91. The summed E-state index contributed by atoms with van der Waals surface area (Å²) < 4.78 is 17.8. The van der Waals surface area contributed by atoms with Crippen molar-refractivity contribution in [3.8, 4) is 0 Å². The van der Waals surface area contributed by atoms with Crippen LogP contribution in [-0.2, 0) is 0 Å². The van der Waals surface area contributed by atoms with Crippen molar-refractivity contribution in [3.05, 3.63) is 41.0 Å². The van der Waals surface area contributed by atoms with Crippen molar-refractivity contribution < 1.29 is 18.7 Å². The van der Waals surface area contributed by atoms with Crippen LogP contribution in [0.1, 0.15) is 10.5 Å². The molecule has 0 spiro atoms. The summed E-state index contributed by atoms with van der Waals surface area (Å²) in [5, 5.41) is 11.5.